The molecule has 5 rings (SSSR count). The Morgan fingerprint density at radius 2 is 1.40 bits per heavy atom. The smallest absolute Gasteiger partial charge is 0.277 e. The molecule has 2 amide bonds. The Bertz CT molecular complexity index is 1270. The summed E-state index contributed by atoms with van der Waals surface area (Å²) in [5.41, 5.74) is 4.16. The first-order valence-electron chi connectivity index (χ1n) is 9.71. The zero-order valence-corrected chi connectivity index (χ0v) is 16.1. The van der Waals surface area contributed by atoms with Crippen molar-refractivity contribution in [3.05, 3.63) is 84.6 Å². The fraction of sp³-hybridized carbons (Fsp3) is 0.0833. The summed E-state index contributed by atoms with van der Waals surface area (Å²) in [4.78, 5) is 25.2. The number of carbonyl (C=O) groups is 2. The summed E-state index contributed by atoms with van der Waals surface area (Å²) < 4.78 is 2.21. The SMILES string of the molecule is O=C1C=C(Nc2ccc(-n3c4ccccc4c4ccccc43)cc2)C(=O)N1CCO. The second-order valence-electron chi connectivity index (χ2n) is 7.12. The highest BCUT2D eigenvalue weighted by Crippen LogP contribution is 2.32. The van der Waals surface area contributed by atoms with Gasteiger partial charge in [-0.15, -0.1) is 0 Å². The minimum absolute atomic E-state index is 0.00787. The number of para-hydroxylation sites is 2. The van der Waals surface area contributed by atoms with Gasteiger partial charge in [0, 0.05) is 28.2 Å². The van der Waals surface area contributed by atoms with Gasteiger partial charge >= 0.3 is 0 Å². The van der Waals surface area contributed by atoms with Crippen molar-refractivity contribution in [2.75, 3.05) is 18.5 Å². The van der Waals surface area contributed by atoms with Crippen LogP contribution in [0.2, 0.25) is 0 Å². The van der Waals surface area contributed by atoms with Crippen molar-refractivity contribution in [1.29, 1.82) is 0 Å². The Balaban J connectivity index is 1.49. The molecular weight excluding hydrogens is 378 g/mol. The van der Waals surface area contributed by atoms with E-state index in [9.17, 15) is 9.59 Å². The molecule has 30 heavy (non-hydrogen) atoms. The number of rotatable bonds is 5. The number of nitrogens with zero attached hydrogens (tertiary/aromatic N) is 2. The van der Waals surface area contributed by atoms with Crippen LogP contribution in [0.1, 0.15) is 0 Å². The molecule has 0 atom stereocenters. The minimum atomic E-state index is -0.430. The van der Waals surface area contributed by atoms with E-state index in [0.29, 0.717) is 5.69 Å². The van der Waals surface area contributed by atoms with Gasteiger partial charge in [0.05, 0.1) is 24.2 Å². The van der Waals surface area contributed by atoms with Crippen LogP contribution in [0.4, 0.5) is 5.69 Å². The summed E-state index contributed by atoms with van der Waals surface area (Å²) in [5, 5.41) is 14.4. The largest absolute Gasteiger partial charge is 0.395 e. The predicted molar refractivity (Wildman–Crippen MR) is 116 cm³/mol. The van der Waals surface area contributed by atoms with Gasteiger partial charge in [0.25, 0.3) is 11.8 Å². The standard InChI is InChI=1S/C24H19N3O3/c28-14-13-26-23(29)15-20(24(26)30)25-16-9-11-17(12-10-16)27-21-7-3-1-5-18(21)19-6-2-4-8-22(19)27/h1-12,15,25,28H,13-14H2. The van der Waals surface area contributed by atoms with Crippen LogP contribution >= 0.6 is 0 Å². The van der Waals surface area contributed by atoms with Gasteiger partial charge in [-0.3, -0.25) is 14.5 Å². The first-order chi connectivity index (χ1) is 14.7. The molecule has 3 aromatic carbocycles. The van der Waals surface area contributed by atoms with E-state index in [0.717, 1.165) is 21.6 Å². The van der Waals surface area contributed by atoms with Crippen molar-refractivity contribution in [2.24, 2.45) is 0 Å². The average molecular weight is 397 g/mol. The first kappa shape index (κ1) is 18.1. The molecule has 1 aliphatic rings. The summed E-state index contributed by atoms with van der Waals surface area (Å²) in [7, 11) is 0. The van der Waals surface area contributed by atoms with Gasteiger partial charge in [-0.2, -0.15) is 0 Å². The zero-order chi connectivity index (χ0) is 20.7. The molecule has 0 aliphatic carbocycles. The third-order valence-corrected chi connectivity index (χ3v) is 5.32. The lowest BCUT2D eigenvalue weighted by Crippen LogP contribution is -2.34. The molecular formula is C24H19N3O3. The van der Waals surface area contributed by atoms with Crippen LogP contribution in [0.5, 0.6) is 0 Å². The second-order valence-corrected chi connectivity index (χ2v) is 7.12. The van der Waals surface area contributed by atoms with E-state index < -0.39 is 11.8 Å². The minimum Gasteiger partial charge on any atom is -0.395 e. The number of fused-ring (bicyclic) bond motifs is 3. The number of hydrogen-bond acceptors (Lipinski definition) is 4. The fourth-order valence-corrected chi connectivity index (χ4v) is 3.96. The molecule has 148 valence electrons. The molecule has 1 aliphatic heterocycles. The van der Waals surface area contributed by atoms with E-state index in [1.165, 1.54) is 16.8 Å². The maximum absolute atomic E-state index is 12.3. The molecule has 0 fully saturated rings. The van der Waals surface area contributed by atoms with E-state index in [1.807, 2.05) is 48.5 Å². The second kappa shape index (κ2) is 7.17. The Labute approximate surface area is 172 Å². The molecule has 2 N–H and O–H groups in total. The maximum atomic E-state index is 12.3. The number of anilines is 1. The lowest BCUT2D eigenvalue weighted by molar-refractivity contribution is -0.137. The molecule has 0 bridgehead atoms. The Morgan fingerprint density at radius 3 is 2.00 bits per heavy atom. The molecule has 6 nitrogen and oxygen atoms in total. The average Bonchev–Trinajstić information content (AvgIpc) is 3.24. The highest BCUT2D eigenvalue weighted by Gasteiger charge is 2.30. The van der Waals surface area contributed by atoms with E-state index in [-0.39, 0.29) is 18.8 Å². The molecule has 1 aromatic heterocycles. The van der Waals surface area contributed by atoms with Crippen molar-refractivity contribution in [2.45, 2.75) is 0 Å². The predicted octanol–water partition coefficient (Wildman–Crippen LogP) is 3.44. The molecule has 0 saturated carbocycles. The normalized spacial score (nSPS) is 14.0. The molecule has 4 aromatic rings. The van der Waals surface area contributed by atoms with Gasteiger partial charge in [0.2, 0.25) is 0 Å². The van der Waals surface area contributed by atoms with E-state index >= 15 is 0 Å². The van der Waals surface area contributed by atoms with Crippen LogP contribution < -0.4 is 5.32 Å². The summed E-state index contributed by atoms with van der Waals surface area (Å²) in [6, 6.07) is 24.3. The number of aromatic nitrogens is 1. The van der Waals surface area contributed by atoms with Gasteiger partial charge in [-0.05, 0) is 36.4 Å². The van der Waals surface area contributed by atoms with Crippen LogP contribution in [-0.4, -0.2) is 39.5 Å². The number of carbonyl (C=O) groups excluding carboxylic acids is 2. The van der Waals surface area contributed by atoms with E-state index in [1.54, 1.807) is 0 Å². The molecule has 2 heterocycles. The number of amides is 2. The van der Waals surface area contributed by atoms with E-state index in [4.69, 9.17) is 5.11 Å². The van der Waals surface area contributed by atoms with Crippen molar-refractivity contribution >= 4 is 39.3 Å². The first-order valence-corrected chi connectivity index (χ1v) is 9.71. The Hall–Kier alpha value is -3.90. The van der Waals surface area contributed by atoms with E-state index in [2.05, 4.69) is 34.1 Å². The van der Waals surface area contributed by atoms with Crippen LogP contribution in [-0.2, 0) is 9.59 Å². The quantitative estimate of drug-likeness (QED) is 0.506. The topological polar surface area (TPSA) is 74.6 Å². The molecule has 0 unspecified atom stereocenters. The Morgan fingerprint density at radius 1 is 0.800 bits per heavy atom. The monoisotopic (exact) mass is 397 g/mol. The summed E-state index contributed by atoms with van der Waals surface area (Å²) in [6.45, 7) is -0.266. The van der Waals surface area contributed by atoms with Crippen LogP contribution in [0, 0.1) is 0 Å². The van der Waals surface area contributed by atoms with Gasteiger partial charge in [0.1, 0.15) is 5.70 Å². The summed E-state index contributed by atoms with van der Waals surface area (Å²) in [5.74, 6) is -0.848. The third kappa shape index (κ3) is 2.86. The van der Waals surface area contributed by atoms with Crippen LogP contribution in [0.15, 0.2) is 84.6 Å². The van der Waals surface area contributed by atoms with Crippen molar-refractivity contribution in [3.8, 4) is 5.69 Å². The number of aliphatic hydroxyl groups excluding tert-OH is 1. The van der Waals surface area contributed by atoms with Crippen molar-refractivity contribution < 1.29 is 14.7 Å². The number of β-amino-alcohol motifs (C(OH)–C–C–N with tert-alkyl or cyclic N) is 1. The molecule has 6 heteroatoms. The number of aliphatic hydroxyl groups is 1. The van der Waals surface area contributed by atoms with Crippen molar-refractivity contribution in [3.63, 3.8) is 0 Å². The Kier molecular flexibility index (Phi) is 4.34. The zero-order valence-electron chi connectivity index (χ0n) is 16.1. The number of hydrogen-bond donors (Lipinski definition) is 2. The number of nitrogens with one attached hydrogen (secondary N) is 1. The molecule has 0 radical (unpaired) electrons. The molecule has 0 saturated heterocycles. The lowest BCUT2D eigenvalue weighted by atomic mass is 10.2. The third-order valence-electron chi connectivity index (χ3n) is 5.32. The van der Waals surface area contributed by atoms with Crippen LogP contribution in [0.25, 0.3) is 27.5 Å². The van der Waals surface area contributed by atoms with Crippen LogP contribution in [0.3, 0.4) is 0 Å². The highest BCUT2D eigenvalue weighted by molar-refractivity contribution is 6.17. The number of imide groups is 1. The molecule has 0 spiro atoms. The summed E-state index contributed by atoms with van der Waals surface area (Å²) >= 11 is 0. The number of benzene rings is 3. The van der Waals surface area contributed by atoms with Gasteiger partial charge in [-0.1, -0.05) is 36.4 Å². The van der Waals surface area contributed by atoms with Gasteiger partial charge in [-0.25, -0.2) is 0 Å². The van der Waals surface area contributed by atoms with Gasteiger partial charge < -0.3 is 15.0 Å². The summed E-state index contributed by atoms with van der Waals surface area (Å²) in [6.07, 6.45) is 1.26. The van der Waals surface area contributed by atoms with Gasteiger partial charge in [0.15, 0.2) is 0 Å². The fourth-order valence-electron chi connectivity index (χ4n) is 3.96. The lowest BCUT2D eigenvalue weighted by Gasteiger charge is -2.14. The van der Waals surface area contributed by atoms with Crippen molar-refractivity contribution in [1.82, 2.24) is 9.47 Å². The highest BCUT2D eigenvalue weighted by atomic mass is 16.3. The maximum Gasteiger partial charge on any atom is 0.277 e.